The van der Waals surface area contributed by atoms with Crippen LogP contribution in [0.25, 0.3) is 0 Å². The van der Waals surface area contributed by atoms with Crippen LogP contribution in [-0.4, -0.2) is 43.7 Å². The Morgan fingerprint density at radius 3 is 2.48 bits per heavy atom. The number of piperazine rings is 1. The molecule has 1 aliphatic rings. The van der Waals surface area contributed by atoms with E-state index >= 15 is 0 Å². The fourth-order valence-corrected chi connectivity index (χ4v) is 3.00. The van der Waals surface area contributed by atoms with Crippen molar-refractivity contribution in [3.8, 4) is 0 Å². The molecular formula is C17H23ClF3N3O. The molecule has 1 saturated heterocycles. The van der Waals surface area contributed by atoms with Crippen LogP contribution < -0.4 is 10.2 Å². The van der Waals surface area contributed by atoms with E-state index in [2.05, 4.69) is 12.2 Å². The van der Waals surface area contributed by atoms with Crippen molar-refractivity contribution < 1.29 is 18.0 Å². The Kier molecular flexibility index (Phi) is 6.81. The van der Waals surface area contributed by atoms with Gasteiger partial charge in [0.2, 0.25) is 0 Å². The fraction of sp³-hybridized carbons (Fsp3) is 0.588. The average Bonchev–Trinajstić information content (AvgIpc) is 2.58. The molecule has 0 saturated carbocycles. The second kappa shape index (κ2) is 8.65. The summed E-state index contributed by atoms with van der Waals surface area (Å²) in [6, 6.07) is 3.82. The molecule has 0 aliphatic carbocycles. The van der Waals surface area contributed by atoms with Crippen LogP contribution in [0, 0.1) is 0 Å². The van der Waals surface area contributed by atoms with Crippen molar-refractivity contribution in [2.45, 2.75) is 32.4 Å². The molecule has 0 atom stereocenters. The molecule has 1 aromatic rings. The second-order valence-electron chi connectivity index (χ2n) is 6.08. The summed E-state index contributed by atoms with van der Waals surface area (Å²) in [6.45, 7) is 4.68. The largest absolute Gasteiger partial charge is 0.417 e. The average molecular weight is 378 g/mol. The van der Waals surface area contributed by atoms with Gasteiger partial charge in [-0.25, -0.2) is 4.79 Å². The van der Waals surface area contributed by atoms with E-state index in [4.69, 9.17) is 11.6 Å². The highest BCUT2D eigenvalue weighted by atomic mass is 35.5. The number of halogens is 4. The number of nitrogens with zero attached hydrogens (tertiary/aromatic N) is 2. The Balaban J connectivity index is 1.91. The fourth-order valence-electron chi connectivity index (χ4n) is 2.78. The molecule has 1 fully saturated rings. The molecule has 1 aromatic carbocycles. The molecule has 2 amide bonds. The van der Waals surface area contributed by atoms with E-state index in [1.54, 1.807) is 11.0 Å². The highest BCUT2D eigenvalue weighted by Crippen LogP contribution is 2.37. The lowest BCUT2D eigenvalue weighted by Gasteiger charge is -2.36. The van der Waals surface area contributed by atoms with E-state index in [0.29, 0.717) is 38.4 Å². The number of urea groups is 1. The van der Waals surface area contributed by atoms with Gasteiger partial charge >= 0.3 is 12.2 Å². The third kappa shape index (κ3) is 5.42. The maximum absolute atomic E-state index is 13.0. The van der Waals surface area contributed by atoms with Crippen molar-refractivity contribution in [2.24, 2.45) is 0 Å². The van der Waals surface area contributed by atoms with Crippen LogP contribution >= 0.6 is 11.6 Å². The van der Waals surface area contributed by atoms with Gasteiger partial charge in [-0.2, -0.15) is 13.2 Å². The van der Waals surface area contributed by atoms with Gasteiger partial charge in [0.25, 0.3) is 0 Å². The first-order valence-electron chi connectivity index (χ1n) is 8.47. The Morgan fingerprint density at radius 2 is 1.88 bits per heavy atom. The lowest BCUT2D eigenvalue weighted by Crippen LogP contribution is -2.52. The van der Waals surface area contributed by atoms with Crippen molar-refractivity contribution in [3.63, 3.8) is 0 Å². The summed E-state index contributed by atoms with van der Waals surface area (Å²) in [4.78, 5) is 15.6. The maximum atomic E-state index is 13.0. The van der Waals surface area contributed by atoms with Gasteiger partial charge in [-0.1, -0.05) is 31.4 Å². The molecule has 140 valence electrons. The Labute approximate surface area is 150 Å². The number of hydrogen-bond acceptors (Lipinski definition) is 2. The zero-order valence-corrected chi connectivity index (χ0v) is 15.0. The smallest absolute Gasteiger partial charge is 0.368 e. The molecule has 8 heteroatoms. The van der Waals surface area contributed by atoms with E-state index in [1.807, 2.05) is 4.90 Å². The Bertz CT molecular complexity index is 587. The van der Waals surface area contributed by atoms with Crippen LogP contribution in [0.3, 0.4) is 0 Å². The lowest BCUT2D eigenvalue weighted by atomic mass is 10.1. The summed E-state index contributed by atoms with van der Waals surface area (Å²) in [5, 5.41) is 2.58. The first kappa shape index (κ1) is 19.7. The number of nitrogens with one attached hydrogen (secondary N) is 1. The summed E-state index contributed by atoms with van der Waals surface area (Å²) in [6.07, 6.45) is -1.36. The van der Waals surface area contributed by atoms with Gasteiger partial charge in [-0.05, 0) is 24.6 Å². The van der Waals surface area contributed by atoms with E-state index in [0.717, 1.165) is 25.3 Å². The number of carbonyl (C=O) groups is 1. The number of benzene rings is 1. The maximum Gasteiger partial charge on any atom is 0.417 e. The molecule has 0 unspecified atom stereocenters. The van der Waals surface area contributed by atoms with Crippen LogP contribution in [0.5, 0.6) is 0 Å². The molecule has 0 aromatic heterocycles. The molecule has 1 N–H and O–H groups in total. The molecule has 25 heavy (non-hydrogen) atoms. The molecule has 1 aliphatic heterocycles. The zero-order chi connectivity index (χ0) is 18.4. The van der Waals surface area contributed by atoms with Crippen LogP contribution in [0.15, 0.2) is 18.2 Å². The van der Waals surface area contributed by atoms with Crippen molar-refractivity contribution in [3.05, 3.63) is 28.8 Å². The van der Waals surface area contributed by atoms with Gasteiger partial charge in [0.05, 0.1) is 10.6 Å². The van der Waals surface area contributed by atoms with Gasteiger partial charge < -0.3 is 15.1 Å². The molecule has 0 radical (unpaired) electrons. The van der Waals surface area contributed by atoms with Crippen molar-refractivity contribution >= 4 is 23.3 Å². The summed E-state index contributed by atoms with van der Waals surface area (Å²) in [5.74, 6) is 0. The number of anilines is 1. The van der Waals surface area contributed by atoms with Crippen LogP contribution in [0.1, 0.15) is 31.7 Å². The standard InChI is InChI=1S/C17H23ClF3N3O/c1-2-3-4-7-22-16(25)24-10-8-23(9-11-24)13-5-6-15(18)14(12-13)17(19,20)21/h5-6,12H,2-4,7-11H2,1H3,(H,22,25). The Morgan fingerprint density at radius 1 is 1.20 bits per heavy atom. The van der Waals surface area contributed by atoms with Crippen molar-refractivity contribution in [1.29, 1.82) is 0 Å². The number of hydrogen-bond donors (Lipinski definition) is 1. The number of carbonyl (C=O) groups excluding carboxylic acids is 1. The highest BCUT2D eigenvalue weighted by Gasteiger charge is 2.34. The van der Waals surface area contributed by atoms with Gasteiger partial charge in [0.1, 0.15) is 0 Å². The van der Waals surface area contributed by atoms with Gasteiger partial charge in [-0.3, -0.25) is 0 Å². The van der Waals surface area contributed by atoms with Gasteiger partial charge in [0, 0.05) is 38.4 Å². The predicted octanol–water partition coefficient (Wildman–Crippen LogP) is 4.38. The topological polar surface area (TPSA) is 35.6 Å². The van der Waals surface area contributed by atoms with Gasteiger partial charge in [0.15, 0.2) is 0 Å². The van der Waals surface area contributed by atoms with Crippen molar-refractivity contribution in [1.82, 2.24) is 10.2 Å². The predicted molar refractivity (Wildman–Crippen MR) is 93.2 cm³/mol. The Hall–Kier alpha value is -1.63. The van der Waals surface area contributed by atoms with E-state index in [9.17, 15) is 18.0 Å². The third-order valence-electron chi connectivity index (χ3n) is 4.24. The zero-order valence-electron chi connectivity index (χ0n) is 14.2. The summed E-state index contributed by atoms with van der Waals surface area (Å²) < 4.78 is 38.9. The molecular weight excluding hydrogens is 355 g/mol. The normalized spacial score (nSPS) is 15.4. The molecule has 0 bridgehead atoms. The van der Waals surface area contributed by atoms with Crippen LogP contribution in [-0.2, 0) is 6.18 Å². The molecule has 4 nitrogen and oxygen atoms in total. The minimum absolute atomic E-state index is 0.108. The molecule has 1 heterocycles. The monoisotopic (exact) mass is 377 g/mol. The van der Waals surface area contributed by atoms with E-state index in [1.165, 1.54) is 6.07 Å². The third-order valence-corrected chi connectivity index (χ3v) is 4.57. The minimum Gasteiger partial charge on any atom is -0.368 e. The minimum atomic E-state index is -4.48. The first-order valence-corrected chi connectivity index (χ1v) is 8.85. The highest BCUT2D eigenvalue weighted by molar-refractivity contribution is 6.31. The number of alkyl halides is 3. The van der Waals surface area contributed by atoms with Crippen molar-refractivity contribution in [2.75, 3.05) is 37.6 Å². The second-order valence-corrected chi connectivity index (χ2v) is 6.48. The summed E-state index contributed by atoms with van der Waals surface area (Å²) in [7, 11) is 0. The van der Waals surface area contributed by atoms with E-state index < -0.39 is 11.7 Å². The number of amides is 2. The quantitative estimate of drug-likeness (QED) is 0.773. The first-order chi connectivity index (χ1) is 11.8. The number of unbranched alkanes of at least 4 members (excludes halogenated alkanes) is 2. The van der Waals surface area contributed by atoms with Gasteiger partial charge in [-0.15, -0.1) is 0 Å². The SMILES string of the molecule is CCCCCNC(=O)N1CCN(c2ccc(Cl)c(C(F)(F)F)c2)CC1. The van der Waals surface area contributed by atoms with Crippen LogP contribution in [0.2, 0.25) is 5.02 Å². The number of rotatable bonds is 5. The van der Waals surface area contributed by atoms with E-state index in [-0.39, 0.29) is 11.1 Å². The summed E-state index contributed by atoms with van der Waals surface area (Å²) in [5.41, 5.74) is -0.359. The molecule has 0 spiro atoms. The van der Waals surface area contributed by atoms with Crippen LogP contribution in [0.4, 0.5) is 23.7 Å². The summed E-state index contributed by atoms with van der Waals surface area (Å²) >= 11 is 5.66. The molecule has 2 rings (SSSR count). The lowest BCUT2D eigenvalue weighted by molar-refractivity contribution is -0.137.